The van der Waals surface area contributed by atoms with Gasteiger partial charge in [-0.2, -0.15) is 0 Å². The molecule has 2 aromatic carbocycles. The Hall–Kier alpha value is -2.07. The molecule has 0 saturated carbocycles. The molecule has 0 amide bonds. The summed E-state index contributed by atoms with van der Waals surface area (Å²) in [5.74, 6) is 1.14. The molecular formula is C22H26N2OS. The van der Waals surface area contributed by atoms with Gasteiger partial charge >= 0.3 is 0 Å². The van der Waals surface area contributed by atoms with Gasteiger partial charge < -0.3 is 4.90 Å². The molecule has 0 bridgehead atoms. The highest BCUT2D eigenvalue weighted by Gasteiger charge is 2.30. The first-order valence-corrected chi connectivity index (χ1v) is 10.1. The van der Waals surface area contributed by atoms with Gasteiger partial charge in [0.05, 0.1) is 12.2 Å². The highest BCUT2D eigenvalue weighted by molar-refractivity contribution is 8.14. The fourth-order valence-corrected chi connectivity index (χ4v) is 4.45. The van der Waals surface area contributed by atoms with Crippen molar-refractivity contribution in [3.8, 4) is 0 Å². The number of ketones is 1. The van der Waals surface area contributed by atoms with Crippen LogP contribution in [-0.2, 0) is 0 Å². The first kappa shape index (κ1) is 18.7. The lowest BCUT2D eigenvalue weighted by Gasteiger charge is -2.24. The summed E-state index contributed by atoms with van der Waals surface area (Å²) in [5, 5.41) is 0.962. The average molecular weight is 367 g/mol. The topological polar surface area (TPSA) is 32.7 Å². The molecule has 26 heavy (non-hydrogen) atoms. The smallest absolute Gasteiger partial charge is 0.182 e. The van der Waals surface area contributed by atoms with Crippen LogP contribution in [0.15, 0.2) is 47.5 Å². The largest absolute Gasteiger partial charge is 0.340 e. The third-order valence-electron chi connectivity index (χ3n) is 4.82. The molecule has 3 rings (SSSR count). The fourth-order valence-electron chi connectivity index (χ4n) is 3.15. The van der Waals surface area contributed by atoms with Crippen LogP contribution >= 0.6 is 11.8 Å². The number of nitrogens with zero attached hydrogens (tertiary/aromatic N) is 2. The monoisotopic (exact) mass is 366 g/mol. The SMILES string of the molecule is CC[C@H]1CSC(=Nc2ccc(C)cc2C)N1CC(=O)c1ccc(C)cc1. The summed E-state index contributed by atoms with van der Waals surface area (Å²) < 4.78 is 0. The van der Waals surface area contributed by atoms with Crippen molar-refractivity contribution in [2.75, 3.05) is 12.3 Å². The summed E-state index contributed by atoms with van der Waals surface area (Å²) in [7, 11) is 0. The lowest BCUT2D eigenvalue weighted by molar-refractivity contribution is 0.0953. The molecule has 0 radical (unpaired) electrons. The van der Waals surface area contributed by atoms with Gasteiger partial charge in [-0.1, -0.05) is 66.2 Å². The summed E-state index contributed by atoms with van der Waals surface area (Å²) in [6.07, 6.45) is 1.01. The molecular weight excluding hydrogens is 340 g/mol. The normalized spacial score (nSPS) is 18.5. The van der Waals surface area contributed by atoms with E-state index < -0.39 is 0 Å². The first-order valence-electron chi connectivity index (χ1n) is 9.13. The van der Waals surface area contributed by atoms with E-state index in [0.29, 0.717) is 12.6 Å². The second kappa shape index (κ2) is 8.09. The second-order valence-electron chi connectivity index (χ2n) is 6.97. The van der Waals surface area contributed by atoms with Crippen molar-refractivity contribution in [2.45, 2.75) is 40.2 Å². The summed E-state index contributed by atoms with van der Waals surface area (Å²) >= 11 is 1.75. The van der Waals surface area contributed by atoms with Gasteiger partial charge in [0.15, 0.2) is 11.0 Å². The predicted molar refractivity (Wildman–Crippen MR) is 112 cm³/mol. The molecule has 2 aromatic rings. The number of aliphatic imine (C=N–C) groups is 1. The third-order valence-corrected chi connectivity index (χ3v) is 5.95. The van der Waals surface area contributed by atoms with Crippen LogP contribution in [0.3, 0.4) is 0 Å². The summed E-state index contributed by atoms with van der Waals surface area (Å²) in [5.41, 5.74) is 5.34. The molecule has 4 heteroatoms. The Balaban J connectivity index is 1.84. The molecule has 0 spiro atoms. The first-order chi connectivity index (χ1) is 12.5. The van der Waals surface area contributed by atoms with Gasteiger partial charge in [0.2, 0.25) is 0 Å². The maximum atomic E-state index is 12.8. The Bertz CT molecular complexity index is 827. The van der Waals surface area contributed by atoms with Gasteiger partial charge in [0, 0.05) is 17.4 Å². The van der Waals surface area contributed by atoms with Gasteiger partial charge in [0.1, 0.15) is 0 Å². The molecule has 0 aliphatic carbocycles. The van der Waals surface area contributed by atoms with Gasteiger partial charge in [-0.05, 0) is 38.8 Å². The highest BCUT2D eigenvalue weighted by atomic mass is 32.2. The molecule has 1 aliphatic rings. The van der Waals surface area contributed by atoms with Crippen LogP contribution < -0.4 is 0 Å². The van der Waals surface area contributed by atoms with Gasteiger partial charge in [-0.25, -0.2) is 4.99 Å². The Morgan fingerprint density at radius 3 is 2.46 bits per heavy atom. The number of amidine groups is 1. The van der Waals surface area contributed by atoms with E-state index in [0.717, 1.165) is 28.6 Å². The van der Waals surface area contributed by atoms with Crippen LogP contribution in [0.25, 0.3) is 0 Å². The lowest BCUT2D eigenvalue weighted by atomic mass is 10.1. The molecule has 1 fully saturated rings. The predicted octanol–water partition coefficient (Wildman–Crippen LogP) is 5.31. The minimum atomic E-state index is 0.152. The van der Waals surface area contributed by atoms with Crippen LogP contribution in [-0.4, -0.2) is 34.2 Å². The van der Waals surface area contributed by atoms with Crippen molar-refractivity contribution >= 4 is 28.4 Å². The average Bonchev–Trinajstić information content (AvgIpc) is 2.99. The maximum absolute atomic E-state index is 12.8. The molecule has 1 saturated heterocycles. The Morgan fingerprint density at radius 1 is 1.12 bits per heavy atom. The number of hydrogen-bond acceptors (Lipinski definition) is 3. The minimum Gasteiger partial charge on any atom is -0.340 e. The van der Waals surface area contributed by atoms with Crippen LogP contribution in [0.2, 0.25) is 0 Å². The van der Waals surface area contributed by atoms with E-state index >= 15 is 0 Å². The molecule has 1 atom stereocenters. The fraction of sp³-hybridized carbons (Fsp3) is 0.364. The summed E-state index contributed by atoms with van der Waals surface area (Å²) in [6.45, 7) is 8.78. The zero-order valence-electron chi connectivity index (χ0n) is 16.0. The van der Waals surface area contributed by atoms with Crippen LogP contribution in [0.1, 0.15) is 40.4 Å². The summed E-state index contributed by atoms with van der Waals surface area (Å²) in [4.78, 5) is 19.9. The molecule has 0 N–H and O–H groups in total. The van der Waals surface area contributed by atoms with E-state index in [1.165, 1.54) is 16.7 Å². The number of carbonyl (C=O) groups excluding carboxylic acids is 1. The van der Waals surface area contributed by atoms with Crippen LogP contribution in [0.5, 0.6) is 0 Å². The number of Topliss-reactive ketones (excluding diaryl/α,β-unsaturated/α-hetero) is 1. The van der Waals surface area contributed by atoms with E-state index in [1.54, 1.807) is 11.8 Å². The number of hydrogen-bond donors (Lipinski definition) is 0. The summed E-state index contributed by atoms with van der Waals surface area (Å²) in [6, 6.07) is 14.5. The molecule has 1 heterocycles. The molecule has 0 unspecified atom stereocenters. The van der Waals surface area contributed by atoms with Crippen molar-refractivity contribution < 1.29 is 4.79 Å². The second-order valence-corrected chi connectivity index (χ2v) is 7.96. The number of carbonyl (C=O) groups is 1. The Morgan fingerprint density at radius 2 is 1.81 bits per heavy atom. The van der Waals surface area contributed by atoms with E-state index in [2.05, 4.69) is 43.9 Å². The minimum absolute atomic E-state index is 0.152. The number of benzene rings is 2. The molecule has 1 aliphatic heterocycles. The standard InChI is InChI=1S/C22H26N2OS/c1-5-19-14-26-22(23-20-11-8-16(3)12-17(20)4)24(19)13-21(25)18-9-6-15(2)7-10-18/h6-12,19H,5,13-14H2,1-4H3/t19-/m0/s1. The van der Waals surface area contributed by atoms with Gasteiger partial charge in [-0.3, -0.25) is 4.79 Å². The van der Waals surface area contributed by atoms with Crippen molar-refractivity contribution in [1.82, 2.24) is 4.90 Å². The zero-order valence-corrected chi connectivity index (χ0v) is 16.8. The van der Waals surface area contributed by atoms with Crippen molar-refractivity contribution in [3.63, 3.8) is 0 Å². The molecule has 136 valence electrons. The molecule has 3 nitrogen and oxygen atoms in total. The van der Waals surface area contributed by atoms with E-state index in [9.17, 15) is 4.79 Å². The Kier molecular flexibility index (Phi) is 5.82. The van der Waals surface area contributed by atoms with E-state index in [-0.39, 0.29) is 5.78 Å². The van der Waals surface area contributed by atoms with E-state index in [1.807, 2.05) is 31.2 Å². The molecule has 0 aromatic heterocycles. The van der Waals surface area contributed by atoms with E-state index in [4.69, 9.17) is 4.99 Å². The quantitative estimate of drug-likeness (QED) is 0.672. The highest BCUT2D eigenvalue weighted by Crippen LogP contribution is 2.30. The van der Waals surface area contributed by atoms with Crippen LogP contribution in [0, 0.1) is 20.8 Å². The number of aryl methyl sites for hydroxylation is 3. The van der Waals surface area contributed by atoms with Gasteiger partial charge in [0.25, 0.3) is 0 Å². The zero-order chi connectivity index (χ0) is 18.7. The lowest BCUT2D eigenvalue weighted by Crippen LogP contribution is -2.37. The number of thioether (sulfide) groups is 1. The van der Waals surface area contributed by atoms with Crippen molar-refractivity contribution in [2.24, 2.45) is 4.99 Å². The van der Waals surface area contributed by atoms with Crippen molar-refractivity contribution in [3.05, 3.63) is 64.7 Å². The van der Waals surface area contributed by atoms with Crippen LogP contribution in [0.4, 0.5) is 5.69 Å². The van der Waals surface area contributed by atoms with Crippen molar-refractivity contribution in [1.29, 1.82) is 0 Å². The third kappa shape index (κ3) is 4.18. The van der Waals surface area contributed by atoms with Gasteiger partial charge in [-0.15, -0.1) is 0 Å². The maximum Gasteiger partial charge on any atom is 0.182 e. The Labute approximate surface area is 160 Å². The number of rotatable bonds is 5.